The van der Waals surface area contributed by atoms with Crippen molar-refractivity contribution in [2.24, 2.45) is 0 Å². The van der Waals surface area contributed by atoms with Crippen molar-refractivity contribution in [3.63, 3.8) is 0 Å². The van der Waals surface area contributed by atoms with Crippen LogP contribution in [0.3, 0.4) is 0 Å². The van der Waals surface area contributed by atoms with E-state index in [0.29, 0.717) is 36.8 Å². The summed E-state index contributed by atoms with van der Waals surface area (Å²) < 4.78 is 40.2. The molecule has 24 heavy (non-hydrogen) atoms. The summed E-state index contributed by atoms with van der Waals surface area (Å²) in [6.45, 7) is 3.59. The molecule has 0 spiro atoms. The van der Waals surface area contributed by atoms with Crippen molar-refractivity contribution in [1.82, 2.24) is 4.31 Å². The molecule has 1 saturated heterocycles. The van der Waals surface area contributed by atoms with Crippen LogP contribution in [0.2, 0.25) is 5.02 Å². The third-order valence-corrected chi connectivity index (χ3v) is 6.50. The molecule has 0 saturated carbocycles. The van der Waals surface area contributed by atoms with Gasteiger partial charge < -0.3 is 4.90 Å². The SMILES string of the molecule is Cc1cc(F)ccc1S(=O)(=O)N1CCN(c2ccc(Cl)cc2)CC1. The Bertz CT molecular complexity index is 832. The molecule has 1 heterocycles. The lowest BCUT2D eigenvalue weighted by atomic mass is 10.2. The van der Waals surface area contributed by atoms with Crippen LogP contribution < -0.4 is 4.90 Å². The number of nitrogens with zero attached hydrogens (tertiary/aromatic N) is 2. The Kier molecular flexibility index (Phi) is 4.80. The first-order valence-corrected chi connectivity index (χ1v) is 9.46. The summed E-state index contributed by atoms with van der Waals surface area (Å²) >= 11 is 5.89. The number of hydrogen-bond donors (Lipinski definition) is 0. The number of anilines is 1. The van der Waals surface area contributed by atoms with Crippen LogP contribution >= 0.6 is 11.6 Å². The molecule has 2 aromatic rings. The number of halogens is 2. The molecule has 0 amide bonds. The molecule has 2 aromatic carbocycles. The zero-order chi connectivity index (χ0) is 17.3. The summed E-state index contributed by atoms with van der Waals surface area (Å²) in [6.07, 6.45) is 0. The van der Waals surface area contributed by atoms with Crippen LogP contribution in [-0.2, 0) is 10.0 Å². The van der Waals surface area contributed by atoms with Gasteiger partial charge in [0.05, 0.1) is 4.90 Å². The molecule has 1 aliphatic heterocycles. The standard InChI is InChI=1S/C17H18ClFN2O2S/c1-13-12-15(19)4-7-17(13)24(22,23)21-10-8-20(9-11-21)16-5-2-14(18)3-6-16/h2-7,12H,8-11H2,1H3. The molecule has 0 aliphatic carbocycles. The minimum atomic E-state index is -3.60. The average molecular weight is 369 g/mol. The molecule has 4 nitrogen and oxygen atoms in total. The van der Waals surface area contributed by atoms with Gasteiger partial charge in [-0.25, -0.2) is 12.8 Å². The van der Waals surface area contributed by atoms with Crippen LogP contribution in [0.5, 0.6) is 0 Å². The Morgan fingerprint density at radius 3 is 2.21 bits per heavy atom. The van der Waals surface area contributed by atoms with Crippen LogP contribution in [0, 0.1) is 12.7 Å². The topological polar surface area (TPSA) is 40.6 Å². The number of rotatable bonds is 3. The van der Waals surface area contributed by atoms with Crippen molar-refractivity contribution in [3.05, 3.63) is 58.9 Å². The number of piperazine rings is 1. The average Bonchev–Trinajstić information content (AvgIpc) is 2.55. The Balaban J connectivity index is 1.75. The first kappa shape index (κ1) is 17.2. The van der Waals surface area contributed by atoms with E-state index in [2.05, 4.69) is 4.90 Å². The highest BCUT2D eigenvalue weighted by atomic mass is 35.5. The summed E-state index contributed by atoms with van der Waals surface area (Å²) in [5.74, 6) is -0.431. The first-order chi connectivity index (χ1) is 11.4. The lowest BCUT2D eigenvalue weighted by Gasteiger charge is -2.35. The summed E-state index contributed by atoms with van der Waals surface area (Å²) in [7, 11) is -3.60. The minimum absolute atomic E-state index is 0.170. The highest BCUT2D eigenvalue weighted by molar-refractivity contribution is 7.89. The second-order valence-electron chi connectivity index (χ2n) is 5.78. The van der Waals surface area contributed by atoms with Crippen molar-refractivity contribution in [2.45, 2.75) is 11.8 Å². The summed E-state index contributed by atoms with van der Waals surface area (Å²) in [6, 6.07) is 11.3. The van der Waals surface area contributed by atoms with Crippen molar-refractivity contribution < 1.29 is 12.8 Å². The third-order valence-electron chi connectivity index (χ3n) is 4.19. The van der Waals surface area contributed by atoms with Gasteiger partial charge >= 0.3 is 0 Å². The van der Waals surface area contributed by atoms with Crippen molar-refractivity contribution in [1.29, 1.82) is 0 Å². The predicted molar refractivity (Wildman–Crippen MR) is 93.6 cm³/mol. The molecular weight excluding hydrogens is 351 g/mol. The minimum Gasteiger partial charge on any atom is -0.369 e. The zero-order valence-electron chi connectivity index (χ0n) is 13.2. The second-order valence-corrected chi connectivity index (χ2v) is 8.12. The fourth-order valence-electron chi connectivity index (χ4n) is 2.88. The van der Waals surface area contributed by atoms with E-state index in [4.69, 9.17) is 11.6 Å². The molecule has 128 valence electrons. The van der Waals surface area contributed by atoms with E-state index in [1.165, 1.54) is 22.5 Å². The quantitative estimate of drug-likeness (QED) is 0.834. The highest BCUT2D eigenvalue weighted by Gasteiger charge is 2.29. The van der Waals surface area contributed by atoms with Crippen LogP contribution in [-0.4, -0.2) is 38.9 Å². The number of hydrogen-bond acceptors (Lipinski definition) is 3. The summed E-state index contributed by atoms with van der Waals surface area (Å²) in [4.78, 5) is 2.30. The molecule has 0 atom stereocenters. The normalized spacial score (nSPS) is 16.4. The van der Waals surface area contributed by atoms with Crippen molar-refractivity contribution in [2.75, 3.05) is 31.1 Å². The maximum atomic E-state index is 13.2. The van der Waals surface area contributed by atoms with Gasteiger partial charge in [0, 0.05) is 36.9 Å². The van der Waals surface area contributed by atoms with Crippen LogP contribution in [0.25, 0.3) is 0 Å². The Hall–Kier alpha value is -1.63. The van der Waals surface area contributed by atoms with Gasteiger partial charge in [0.1, 0.15) is 5.82 Å². The molecular formula is C17H18ClFN2O2S. The number of benzene rings is 2. The maximum Gasteiger partial charge on any atom is 0.243 e. The van der Waals surface area contributed by atoms with Crippen molar-refractivity contribution in [3.8, 4) is 0 Å². The van der Waals surface area contributed by atoms with Crippen LogP contribution in [0.1, 0.15) is 5.56 Å². The summed E-state index contributed by atoms with van der Waals surface area (Å²) in [5.41, 5.74) is 1.45. The molecule has 7 heteroatoms. The van der Waals surface area contributed by atoms with E-state index in [-0.39, 0.29) is 4.90 Å². The zero-order valence-corrected chi connectivity index (χ0v) is 14.8. The van der Waals surface area contributed by atoms with E-state index in [0.717, 1.165) is 5.69 Å². The van der Waals surface area contributed by atoms with Crippen LogP contribution in [0.15, 0.2) is 47.4 Å². The maximum absolute atomic E-state index is 13.2. The Labute approximate surface area is 146 Å². The van der Waals surface area contributed by atoms with E-state index >= 15 is 0 Å². The molecule has 0 bridgehead atoms. The van der Waals surface area contributed by atoms with Crippen LogP contribution in [0.4, 0.5) is 10.1 Å². The van der Waals surface area contributed by atoms with E-state index in [1.807, 2.05) is 24.3 Å². The van der Waals surface area contributed by atoms with Gasteiger partial charge in [0.15, 0.2) is 0 Å². The van der Waals surface area contributed by atoms with Gasteiger partial charge in [-0.05, 0) is 55.0 Å². The van der Waals surface area contributed by atoms with E-state index < -0.39 is 15.8 Å². The molecule has 0 N–H and O–H groups in total. The van der Waals surface area contributed by atoms with Gasteiger partial charge in [-0.15, -0.1) is 0 Å². The Morgan fingerprint density at radius 1 is 1.00 bits per heavy atom. The monoisotopic (exact) mass is 368 g/mol. The first-order valence-electron chi connectivity index (χ1n) is 7.65. The fraction of sp³-hybridized carbons (Fsp3) is 0.294. The molecule has 3 rings (SSSR count). The molecule has 1 aliphatic rings. The van der Waals surface area contributed by atoms with Gasteiger partial charge in [-0.1, -0.05) is 11.6 Å². The number of sulfonamides is 1. The van der Waals surface area contributed by atoms with Gasteiger partial charge in [-0.2, -0.15) is 4.31 Å². The molecule has 1 fully saturated rings. The van der Waals surface area contributed by atoms with Gasteiger partial charge in [-0.3, -0.25) is 0 Å². The number of aryl methyl sites for hydroxylation is 1. The lowest BCUT2D eigenvalue weighted by Crippen LogP contribution is -2.48. The lowest BCUT2D eigenvalue weighted by molar-refractivity contribution is 0.384. The van der Waals surface area contributed by atoms with Gasteiger partial charge in [0.2, 0.25) is 10.0 Å². The molecule has 0 aromatic heterocycles. The smallest absolute Gasteiger partial charge is 0.243 e. The van der Waals surface area contributed by atoms with Gasteiger partial charge in [0.25, 0.3) is 0 Å². The van der Waals surface area contributed by atoms with E-state index in [9.17, 15) is 12.8 Å². The largest absolute Gasteiger partial charge is 0.369 e. The highest BCUT2D eigenvalue weighted by Crippen LogP contribution is 2.24. The second kappa shape index (κ2) is 6.70. The molecule has 0 unspecified atom stereocenters. The summed E-state index contributed by atoms with van der Waals surface area (Å²) in [5, 5.41) is 0.673. The Morgan fingerprint density at radius 2 is 1.62 bits per heavy atom. The fourth-order valence-corrected chi connectivity index (χ4v) is 4.63. The molecule has 0 radical (unpaired) electrons. The predicted octanol–water partition coefficient (Wildman–Crippen LogP) is 3.30. The van der Waals surface area contributed by atoms with E-state index in [1.54, 1.807) is 6.92 Å². The third kappa shape index (κ3) is 3.41. The van der Waals surface area contributed by atoms with Crippen molar-refractivity contribution >= 4 is 27.3 Å².